The van der Waals surface area contributed by atoms with Gasteiger partial charge in [-0.2, -0.15) is 0 Å². The van der Waals surface area contributed by atoms with Gasteiger partial charge in [0.05, 0.1) is 6.34 Å². The molecule has 13 heavy (non-hydrogen) atoms. The molecular formula is C8H12N4O. The van der Waals surface area contributed by atoms with Crippen molar-refractivity contribution in [1.82, 2.24) is 10.2 Å². The van der Waals surface area contributed by atoms with Gasteiger partial charge < -0.3 is 5.32 Å². The van der Waals surface area contributed by atoms with Gasteiger partial charge in [0.1, 0.15) is 0 Å². The Bertz CT molecular complexity index is 257. The number of rotatable bonds is 3. The Hall–Kier alpha value is -1.91. The first kappa shape index (κ1) is 11.1. The molecular weight excluding hydrogens is 168 g/mol. The number of carbonyl (C=O) groups excluding carboxylic acids is 1. The van der Waals surface area contributed by atoms with Gasteiger partial charge in [-0.15, -0.1) is 0 Å². The lowest BCUT2D eigenvalue weighted by atomic mass is 10.4. The number of hydrogen-bond donors (Lipinski definition) is 3. The molecule has 70 valence electrons. The van der Waals surface area contributed by atoms with Crippen molar-refractivity contribution in [1.29, 1.82) is 10.8 Å². The summed E-state index contributed by atoms with van der Waals surface area (Å²) in [5.74, 6) is -0.926. The van der Waals surface area contributed by atoms with Crippen molar-refractivity contribution in [3.63, 3.8) is 0 Å². The fraction of sp³-hybridized carbons (Fsp3) is 0.125. The van der Waals surface area contributed by atoms with E-state index in [1.165, 1.54) is 12.4 Å². The quantitative estimate of drug-likeness (QED) is 0.440. The van der Waals surface area contributed by atoms with Crippen LogP contribution in [0, 0.1) is 10.8 Å². The van der Waals surface area contributed by atoms with Gasteiger partial charge >= 0.3 is 0 Å². The lowest BCUT2D eigenvalue weighted by Gasteiger charge is -2.12. The third kappa shape index (κ3) is 3.33. The Morgan fingerprint density at radius 2 is 2.23 bits per heavy atom. The van der Waals surface area contributed by atoms with Gasteiger partial charge in [0.2, 0.25) is 0 Å². The van der Waals surface area contributed by atoms with E-state index in [-0.39, 0.29) is 5.84 Å². The molecule has 0 aromatic heterocycles. The minimum absolute atomic E-state index is 0.368. The van der Waals surface area contributed by atoms with E-state index in [0.717, 1.165) is 11.2 Å². The Morgan fingerprint density at radius 3 is 2.62 bits per heavy atom. The molecule has 0 spiro atoms. The summed E-state index contributed by atoms with van der Waals surface area (Å²) in [4.78, 5) is 12.4. The fourth-order valence-electron chi connectivity index (χ4n) is 0.635. The van der Waals surface area contributed by atoms with Gasteiger partial charge in [-0.1, -0.05) is 12.7 Å². The Labute approximate surface area is 76.8 Å². The molecule has 0 bridgehead atoms. The zero-order valence-corrected chi connectivity index (χ0v) is 7.37. The predicted molar refractivity (Wildman–Crippen MR) is 51.5 cm³/mol. The van der Waals surface area contributed by atoms with Gasteiger partial charge in [0.15, 0.2) is 5.84 Å². The van der Waals surface area contributed by atoms with Crippen molar-refractivity contribution in [2.45, 2.75) is 6.92 Å². The molecule has 1 amide bonds. The third-order valence-electron chi connectivity index (χ3n) is 1.17. The maximum Gasteiger partial charge on any atom is 0.297 e. The van der Waals surface area contributed by atoms with E-state index in [0.29, 0.717) is 0 Å². The molecule has 0 aliphatic heterocycles. The van der Waals surface area contributed by atoms with Gasteiger partial charge in [-0.05, 0) is 6.92 Å². The zero-order chi connectivity index (χ0) is 10.3. The molecule has 0 radical (unpaired) electrons. The maximum atomic E-state index is 11.3. The highest BCUT2D eigenvalue weighted by Crippen LogP contribution is 1.92. The molecule has 0 rings (SSSR count). The summed E-state index contributed by atoms with van der Waals surface area (Å²) in [6.07, 6.45) is 5.20. The van der Waals surface area contributed by atoms with Crippen LogP contribution in [0.4, 0.5) is 0 Å². The van der Waals surface area contributed by atoms with Crippen molar-refractivity contribution in [3.05, 3.63) is 25.1 Å². The second-order valence-corrected chi connectivity index (χ2v) is 2.04. The normalized spacial score (nSPS) is 9.31. The van der Waals surface area contributed by atoms with Crippen molar-refractivity contribution < 1.29 is 4.79 Å². The van der Waals surface area contributed by atoms with E-state index in [1.807, 2.05) is 0 Å². The number of carbonyl (C=O) groups is 1. The molecule has 0 unspecified atom stereocenters. The molecule has 5 nitrogen and oxygen atoms in total. The molecule has 0 heterocycles. The van der Waals surface area contributed by atoms with Crippen LogP contribution in [0.1, 0.15) is 6.92 Å². The minimum Gasteiger partial charge on any atom is -0.327 e. The zero-order valence-electron chi connectivity index (χ0n) is 7.37. The van der Waals surface area contributed by atoms with E-state index < -0.39 is 5.91 Å². The molecule has 0 saturated carbocycles. The lowest BCUT2D eigenvalue weighted by molar-refractivity contribution is -0.120. The number of amidine groups is 1. The van der Waals surface area contributed by atoms with Crippen LogP contribution in [0.3, 0.4) is 0 Å². The Balaban J connectivity index is 4.45. The second kappa shape index (κ2) is 5.70. The Kier molecular flexibility index (Phi) is 4.87. The summed E-state index contributed by atoms with van der Waals surface area (Å²) in [6, 6.07) is 0. The number of nitrogens with zero attached hydrogens (tertiary/aromatic N) is 1. The van der Waals surface area contributed by atoms with Crippen molar-refractivity contribution >= 4 is 18.1 Å². The van der Waals surface area contributed by atoms with Gasteiger partial charge in [0.25, 0.3) is 5.91 Å². The summed E-state index contributed by atoms with van der Waals surface area (Å²) < 4.78 is 0. The van der Waals surface area contributed by atoms with E-state index in [1.54, 1.807) is 13.0 Å². The summed E-state index contributed by atoms with van der Waals surface area (Å²) in [5.41, 5.74) is 0. The molecule has 0 fully saturated rings. The second-order valence-electron chi connectivity index (χ2n) is 2.04. The van der Waals surface area contributed by atoms with E-state index >= 15 is 0 Å². The summed E-state index contributed by atoms with van der Waals surface area (Å²) in [7, 11) is 0. The number of hydrogen-bond acceptors (Lipinski definition) is 3. The minimum atomic E-state index is -0.559. The highest BCUT2D eigenvalue weighted by atomic mass is 16.2. The van der Waals surface area contributed by atoms with Crippen LogP contribution < -0.4 is 5.32 Å². The first-order valence-corrected chi connectivity index (χ1v) is 3.59. The van der Waals surface area contributed by atoms with E-state index in [4.69, 9.17) is 10.8 Å². The molecule has 5 heteroatoms. The SMILES string of the molecule is C=CN(/C=C\C)C(=O)C(=N)NC=N. The van der Waals surface area contributed by atoms with Crippen molar-refractivity contribution in [3.8, 4) is 0 Å². The fourth-order valence-corrected chi connectivity index (χ4v) is 0.635. The number of nitrogens with one attached hydrogen (secondary N) is 3. The lowest BCUT2D eigenvalue weighted by Crippen LogP contribution is -2.36. The van der Waals surface area contributed by atoms with Crippen LogP contribution >= 0.6 is 0 Å². The Morgan fingerprint density at radius 1 is 1.62 bits per heavy atom. The first-order valence-electron chi connectivity index (χ1n) is 3.59. The monoisotopic (exact) mass is 180 g/mol. The van der Waals surface area contributed by atoms with Crippen molar-refractivity contribution in [2.75, 3.05) is 0 Å². The molecule has 0 atom stereocenters. The molecule has 0 aliphatic carbocycles. The molecule has 3 N–H and O–H groups in total. The van der Waals surface area contributed by atoms with Crippen LogP contribution in [0.25, 0.3) is 0 Å². The molecule has 0 aliphatic rings. The standard InChI is InChI=1S/C8H12N4O/c1-3-5-12(4-2)8(13)7(10)11-6-9/h3-6H,2H2,1H3,(H3,9,10,11)/b5-3-. The molecule has 0 saturated heterocycles. The largest absolute Gasteiger partial charge is 0.327 e. The molecule has 0 aromatic carbocycles. The number of amides is 1. The summed E-state index contributed by atoms with van der Waals surface area (Å²) in [5, 5.41) is 16.0. The summed E-state index contributed by atoms with van der Waals surface area (Å²) >= 11 is 0. The molecule has 0 aromatic rings. The van der Waals surface area contributed by atoms with Crippen LogP contribution in [-0.4, -0.2) is 23.0 Å². The van der Waals surface area contributed by atoms with Gasteiger partial charge in [-0.3, -0.25) is 20.5 Å². The average Bonchev–Trinajstić information content (AvgIpc) is 2.13. The van der Waals surface area contributed by atoms with Crippen LogP contribution in [0.5, 0.6) is 0 Å². The predicted octanol–water partition coefficient (Wildman–Crippen LogP) is 0.666. The van der Waals surface area contributed by atoms with Crippen LogP contribution in [0.2, 0.25) is 0 Å². The topological polar surface area (TPSA) is 80.0 Å². The van der Waals surface area contributed by atoms with E-state index in [9.17, 15) is 4.79 Å². The van der Waals surface area contributed by atoms with Gasteiger partial charge in [0, 0.05) is 12.4 Å². The highest BCUT2D eigenvalue weighted by molar-refractivity contribution is 6.38. The highest BCUT2D eigenvalue weighted by Gasteiger charge is 2.12. The van der Waals surface area contributed by atoms with Crippen LogP contribution in [-0.2, 0) is 4.79 Å². The first-order chi connectivity index (χ1) is 6.17. The van der Waals surface area contributed by atoms with E-state index in [2.05, 4.69) is 11.9 Å². The number of allylic oxidation sites excluding steroid dienone is 1. The van der Waals surface area contributed by atoms with Gasteiger partial charge in [-0.25, -0.2) is 0 Å². The third-order valence-corrected chi connectivity index (χ3v) is 1.17. The average molecular weight is 180 g/mol. The van der Waals surface area contributed by atoms with Crippen molar-refractivity contribution in [2.24, 2.45) is 0 Å². The summed E-state index contributed by atoms with van der Waals surface area (Å²) in [6.45, 7) is 5.16. The van der Waals surface area contributed by atoms with Crippen LogP contribution in [0.15, 0.2) is 25.1 Å². The smallest absolute Gasteiger partial charge is 0.297 e. The maximum absolute atomic E-state index is 11.3.